The van der Waals surface area contributed by atoms with Crippen LogP contribution in [0.1, 0.15) is 28.0 Å². The second-order valence-corrected chi connectivity index (χ2v) is 2.57. The number of nitriles is 1. The van der Waals surface area contributed by atoms with Crippen LogP contribution >= 0.6 is 0 Å². The Morgan fingerprint density at radius 3 is 2.80 bits per heavy atom. The van der Waals surface area contributed by atoms with Crippen molar-refractivity contribution in [2.24, 2.45) is 0 Å². The van der Waals surface area contributed by atoms with Gasteiger partial charge < -0.3 is 4.74 Å². The summed E-state index contributed by atoms with van der Waals surface area (Å²) in [6, 6.07) is 2.58. The number of methoxy groups -OCH3 is 1. The van der Waals surface area contributed by atoms with Crippen LogP contribution in [0.5, 0.6) is 0 Å². The van der Waals surface area contributed by atoms with Crippen LogP contribution in [0.2, 0.25) is 0 Å². The van der Waals surface area contributed by atoms with Crippen molar-refractivity contribution in [2.75, 3.05) is 7.11 Å². The largest absolute Gasteiger partial charge is 0.464 e. The third-order valence-electron chi connectivity index (χ3n) is 1.66. The van der Waals surface area contributed by atoms with Gasteiger partial charge in [-0.25, -0.2) is 18.6 Å². The Morgan fingerprint density at radius 1 is 1.67 bits per heavy atom. The van der Waals surface area contributed by atoms with Gasteiger partial charge in [0.2, 0.25) is 0 Å². The molecule has 0 N–H and O–H groups in total. The first kappa shape index (κ1) is 11.0. The number of halogens is 2. The number of carbonyl (C=O) groups excluding carboxylic acids is 1. The molecule has 0 bridgehead atoms. The van der Waals surface area contributed by atoms with Crippen LogP contribution in [-0.2, 0) is 4.74 Å². The Labute approximate surface area is 84.1 Å². The highest BCUT2D eigenvalue weighted by Gasteiger charge is 2.20. The molecule has 1 aromatic heterocycles. The number of alkyl halides is 2. The predicted octanol–water partition coefficient (Wildman–Crippen LogP) is 1.68. The van der Waals surface area contributed by atoms with Crippen molar-refractivity contribution in [1.29, 1.82) is 5.26 Å². The molecule has 0 aliphatic rings. The van der Waals surface area contributed by atoms with Gasteiger partial charge in [-0.2, -0.15) is 5.26 Å². The number of aromatic nitrogens is 1. The summed E-state index contributed by atoms with van der Waals surface area (Å²) in [6.07, 6.45) is -1.84. The number of ether oxygens (including phenoxy) is 1. The molecule has 0 radical (unpaired) electrons. The molecule has 1 aromatic rings. The fourth-order valence-electron chi connectivity index (χ4n) is 0.977. The highest BCUT2D eigenvalue weighted by atomic mass is 19.3. The summed E-state index contributed by atoms with van der Waals surface area (Å²) in [6.45, 7) is 0. The van der Waals surface area contributed by atoms with Crippen molar-refractivity contribution in [2.45, 2.75) is 6.43 Å². The quantitative estimate of drug-likeness (QED) is 0.699. The summed E-state index contributed by atoms with van der Waals surface area (Å²) in [4.78, 5) is 14.5. The number of carbonyl (C=O) groups is 1. The van der Waals surface area contributed by atoms with E-state index in [1.54, 1.807) is 6.07 Å². The molecule has 0 amide bonds. The van der Waals surface area contributed by atoms with Gasteiger partial charge in [0, 0.05) is 6.20 Å². The monoisotopic (exact) mass is 212 g/mol. The fourth-order valence-corrected chi connectivity index (χ4v) is 0.977. The molecule has 0 aliphatic carbocycles. The van der Waals surface area contributed by atoms with Gasteiger partial charge in [0.15, 0.2) is 5.69 Å². The molecule has 1 rings (SSSR count). The lowest BCUT2D eigenvalue weighted by Crippen LogP contribution is -2.09. The molecule has 0 unspecified atom stereocenters. The zero-order valence-corrected chi connectivity index (χ0v) is 7.70. The molecule has 0 saturated carbocycles. The molecule has 0 aromatic carbocycles. The fraction of sp³-hybridized carbons (Fsp3) is 0.222. The Bertz CT molecular complexity index is 427. The molecule has 0 atom stereocenters. The van der Waals surface area contributed by atoms with Gasteiger partial charge in [-0.1, -0.05) is 0 Å². The number of esters is 1. The van der Waals surface area contributed by atoms with Crippen molar-refractivity contribution in [3.05, 3.63) is 29.1 Å². The van der Waals surface area contributed by atoms with Crippen LogP contribution < -0.4 is 0 Å². The second kappa shape index (κ2) is 4.46. The van der Waals surface area contributed by atoms with E-state index in [1.165, 1.54) is 0 Å². The molecular weight excluding hydrogens is 206 g/mol. The molecule has 0 spiro atoms. The Balaban J connectivity index is 3.28. The minimum atomic E-state index is -2.88. The summed E-state index contributed by atoms with van der Waals surface area (Å²) in [5.41, 5.74) is -1.09. The number of hydrogen-bond acceptors (Lipinski definition) is 4. The van der Waals surface area contributed by atoms with Crippen molar-refractivity contribution >= 4 is 5.97 Å². The lowest BCUT2D eigenvalue weighted by atomic mass is 10.1. The molecule has 15 heavy (non-hydrogen) atoms. The predicted molar refractivity (Wildman–Crippen MR) is 45.2 cm³/mol. The average Bonchev–Trinajstić information content (AvgIpc) is 2.27. The van der Waals surface area contributed by atoms with Crippen molar-refractivity contribution in [1.82, 2.24) is 4.98 Å². The first-order valence-electron chi connectivity index (χ1n) is 3.86. The maximum Gasteiger partial charge on any atom is 0.357 e. The van der Waals surface area contributed by atoms with Crippen molar-refractivity contribution in [3.63, 3.8) is 0 Å². The van der Waals surface area contributed by atoms with Crippen molar-refractivity contribution < 1.29 is 18.3 Å². The van der Waals surface area contributed by atoms with Gasteiger partial charge in [-0.05, 0) is 6.07 Å². The van der Waals surface area contributed by atoms with Crippen LogP contribution in [0.15, 0.2) is 12.3 Å². The van der Waals surface area contributed by atoms with E-state index in [0.29, 0.717) is 0 Å². The van der Waals surface area contributed by atoms with Crippen LogP contribution in [0.25, 0.3) is 0 Å². The average molecular weight is 212 g/mol. The van der Waals surface area contributed by atoms with Crippen LogP contribution in [-0.4, -0.2) is 18.1 Å². The first-order valence-corrected chi connectivity index (χ1v) is 3.86. The first-order chi connectivity index (χ1) is 7.10. The number of nitrogens with zero attached hydrogens (tertiary/aromatic N) is 2. The summed E-state index contributed by atoms with van der Waals surface area (Å²) in [5.74, 6) is -0.949. The maximum atomic E-state index is 12.5. The van der Waals surface area contributed by atoms with Gasteiger partial charge in [0.25, 0.3) is 6.43 Å². The lowest BCUT2D eigenvalue weighted by molar-refractivity contribution is 0.0581. The molecule has 0 saturated heterocycles. The van der Waals surface area contributed by atoms with Gasteiger partial charge in [0.1, 0.15) is 6.07 Å². The normalized spacial score (nSPS) is 9.80. The Kier molecular flexibility index (Phi) is 3.29. The van der Waals surface area contributed by atoms with Gasteiger partial charge in [0.05, 0.1) is 18.2 Å². The summed E-state index contributed by atoms with van der Waals surface area (Å²) < 4.78 is 29.2. The van der Waals surface area contributed by atoms with Gasteiger partial charge in [-0.15, -0.1) is 0 Å². The number of rotatable bonds is 2. The van der Waals surface area contributed by atoms with E-state index in [9.17, 15) is 13.6 Å². The van der Waals surface area contributed by atoms with E-state index < -0.39 is 23.7 Å². The summed E-state index contributed by atoms with van der Waals surface area (Å²) in [5, 5.41) is 8.48. The maximum absolute atomic E-state index is 12.5. The topological polar surface area (TPSA) is 63.0 Å². The van der Waals surface area contributed by atoms with E-state index in [-0.39, 0.29) is 5.56 Å². The highest BCUT2D eigenvalue weighted by Crippen LogP contribution is 2.22. The molecule has 0 fully saturated rings. The lowest BCUT2D eigenvalue weighted by Gasteiger charge is -2.05. The second-order valence-electron chi connectivity index (χ2n) is 2.57. The number of hydrogen-bond donors (Lipinski definition) is 0. The summed E-state index contributed by atoms with van der Waals surface area (Å²) in [7, 11) is 1.07. The van der Waals surface area contributed by atoms with E-state index in [1.807, 2.05) is 0 Å². The summed E-state index contributed by atoms with van der Waals surface area (Å²) >= 11 is 0. The molecule has 0 aliphatic heterocycles. The number of pyridine rings is 1. The molecule has 4 nitrogen and oxygen atoms in total. The van der Waals surface area contributed by atoms with Gasteiger partial charge in [-0.3, -0.25) is 0 Å². The smallest absolute Gasteiger partial charge is 0.357 e. The zero-order chi connectivity index (χ0) is 11.4. The standard InChI is InChI=1S/C9H6F2N2O2/c1-15-9(14)7-6(8(10)11)2-5(3-12)4-13-7/h2,4,8H,1H3. The Morgan fingerprint density at radius 2 is 2.33 bits per heavy atom. The minimum Gasteiger partial charge on any atom is -0.464 e. The minimum absolute atomic E-state index is 0.0297. The SMILES string of the molecule is COC(=O)c1ncc(C#N)cc1C(F)F. The molecule has 6 heteroatoms. The van der Waals surface area contributed by atoms with E-state index in [2.05, 4.69) is 9.72 Å². The van der Waals surface area contributed by atoms with E-state index >= 15 is 0 Å². The molecule has 1 heterocycles. The molecular formula is C9H6F2N2O2. The van der Waals surface area contributed by atoms with Crippen LogP contribution in [0.4, 0.5) is 8.78 Å². The highest BCUT2D eigenvalue weighted by molar-refractivity contribution is 5.89. The van der Waals surface area contributed by atoms with E-state index in [0.717, 1.165) is 19.4 Å². The van der Waals surface area contributed by atoms with E-state index in [4.69, 9.17) is 5.26 Å². The third-order valence-corrected chi connectivity index (χ3v) is 1.66. The molecule has 78 valence electrons. The van der Waals surface area contributed by atoms with Crippen molar-refractivity contribution in [3.8, 4) is 6.07 Å². The zero-order valence-electron chi connectivity index (χ0n) is 7.70. The van der Waals surface area contributed by atoms with Crippen LogP contribution in [0.3, 0.4) is 0 Å². The Hall–Kier alpha value is -2.03. The van der Waals surface area contributed by atoms with Gasteiger partial charge >= 0.3 is 5.97 Å². The van der Waals surface area contributed by atoms with Crippen LogP contribution in [0, 0.1) is 11.3 Å². The third kappa shape index (κ3) is 2.26.